The quantitative estimate of drug-likeness (QED) is 0.448. The summed E-state index contributed by atoms with van der Waals surface area (Å²) in [4.78, 5) is 12.1. The van der Waals surface area contributed by atoms with Crippen molar-refractivity contribution in [2.24, 2.45) is 0 Å². The molecule has 0 spiro atoms. The first-order valence-electron chi connectivity index (χ1n) is 9.54. The van der Waals surface area contributed by atoms with Crippen LogP contribution in [-0.4, -0.2) is 20.9 Å². The van der Waals surface area contributed by atoms with E-state index in [0.29, 0.717) is 6.07 Å². The van der Waals surface area contributed by atoms with E-state index in [9.17, 15) is 30.8 Å². The Kier molecular flexibility index (Phi) is 6.92. The van der Waals surface area contributed by atoms with E-state index in [1.165, 1.54) is 36.4 Å². The second-order valence-electron chi connectivity index (χ2n) is 6.71. The largest absolute Gasteiger partial charge is 0.492 e. The lowest BCUT2D eigenvalue weighted by atomic mass is 10.2. The number of amides is 1. The minimum Gasteiger partial charge on any atom is -0.492 e. The van der Waals surface area contributed by atoms with Gasteiger partial charge in [-0.3, -0.25) is 9.52 Å². The van der Waals surface area contributed by atoms with Crippen LogP contribution in [0.15, 0.2) is 71.6 Å². The highest BCUT2D eigenvalue weighted by atomic mass is 32.2. The van der Waals surface area contributed by atoms with Gasteiger partial charge in [0.25, 0.3) is 15.9 Å². The lowest BCUT2D eigenvalue weighted by molar-refractivity contribution is -0.137. The fraction of sp³-hybridized carbons (Fsp3) is 0.136. The smallest absolute Gasteiger partial charge is 0.416 e. The Balaban J connectivity index is 1.93. The average molecular weight is 482 g/mol. The van der Waals surface area contributed by atoms with Crippen molar-refractivity contribution in [2.45, 2.75) is 18.0 Å². The van der Waals surface area contributed by atoms with Gasteiger partial charge in [0.05, 0.1) is 28.3 Å². The number of halogens is 4. The summed E-state index contributed by atoms with van der Waals surface area (Å²) in [6, 6.07) is 12.4. The van der Waals surface area contributed by atoms with E-state index in [1.807, 2.05) is 0 Å². The number of hydrogen-bond donors (Lipinski definition) is 2. The summed E-state index contributed by atoms with van der Waals surface area (Å²) < 4.78 is 85.8. The van der Waals surface area contributed by atoms with Crippen LogP contribution in [0.4, 0.5) is 28.9 Å². The Labute approximate surface area is 187 Å². The molecule has 0 aromatic heterocycles. The van der Waals surface area contributed by atoms with Gasteiger partial charge in [-0.15, -0.1) is 0 Å². The Morgan fingerprint density at radius 2 is 1.73 bits per heavy atom. The monoisotopic (exact) mass is 482 g/mol. The lowest BCUT2D eigenvalue weighted by Gasteiger charge is -2.15. The first-order chi connectivity index (χ1) is 15.5. The van der Waals surface area contributed by atoms with E-state index in [2.05, 4.69) is 10.0 Å². The van der Waals surface area contributed by atoms with Crippen LogP contribution < -0.4 is 14.8 Å². The maximum Gasteiger partial charge on any atom is 0.416 e. The second-order valence-corrected chi connectivity index (χ2v) is 8.39. The molecule has 3 rings (SSSR count). The van der Waals surface area contributed by atoms with E-state index in [4.69, 9.17) is 4.74 Å². The van der Waals surface area contributed by atoms with Gasteiger partial charge in [-0.2, -0.15) is 13.2 Å². The maximum atomic E-state index is 13.9. The number of anilines is 2. The van der Waals surface area contributed by atoms with E-state index in [1.54, 1.807) is 6.92 Å². The van der Waals surface area contributed by atoms with Crippen molar-refractivity contribution < 1.29 is 35.5 Å². The summed E-state index contributed by atoms with van der Waals surface area (Å²) in [5.41, 5.74) is -1.64. The van der Waals surface area contributed by atoms with Crippen LogP contribution in [0, 0.1) is 5.82 Å². The number of sulfonamides is 1. The van der Waals surface area contributed by atoms with Crippen LogP contribution in [-0.2, 0) is 16.2 Å². The van der Waals surface area contributed by atoms with Gasteiger partial charge >= 0.3 is 6.18 Å². The number of nitrogens with one attached hydrogen (secondary N) is 2. The van der Waals surface area contributed by atoms with Crippen LogP contribution in [0.1, 0.15) is 22.8 Å². The predicted molar refractivity (Wildman–Crippen MR) is 114 cm³/mol. The number of hydrogen-bond acceptors (Lipinski definition) is 4. The molecular weight excluding hydrogens is 464 g/mol. The molecule has 0 aliphatic heterocycles. The third-order valence-electron chi connectivity index (χ3n) is 4.37. The van der Waals surface area contributed by atoms with Crippen LogP contribution in [0.5, 0.6) is 5.75 Å². The minimum atomic E-state index is -4.65. The normalized spacial score (nSPS) is 11.7. The number of carbonyl (C=O) groups excluding carboxylic acids is 1. The molecule has 11 heteroatoms. The highest BCUT2D eigenvalue weighted by Crippen LogP contribution is 2.32. The molecule has 2 N–H and O–H groups in total. The first kappa shape index (κ1) is 24.1. The predicted octanol–water partition coefficient (Wildman–Crippen LogP) is 5.30. The summed E-state index contributed by atoms with van der Waals surface area (Å²) in [6.45, 7) is 1.86. The van der Waals surface area contributed by atoms with Crippen LogP contribution >= 0.6 is 0 Å². The van der Waals surface area contributed by atoms with Gasteiger partial charge in [0.2, 0.25) is 0 Å². The van der Waals surface area contributed by atoms with Crippen LogP contribution in [0.3, 0.4) is 0 Å². The number of benzene rings is 3. The summed E-state index contributed by atoms with van der Waals surface area (Å²) in [6.07, 6.45) is -4.65. The molecular formula is C22H18F4N2O4S. The van der Waals surface area contributed by atoms with Gasteiger partial charge in [0, 0.05) is 5.69 Å². The molecule has 33 heavy (non-hydrogen) atoms. The van der Waals surface area contributed by atoms with Crippen molar-refractivity contribution >= 4 is 27.3 Å². The zero-order valence-corrected chi connectivity index (χ0v) is 17.9. The first-order valence-corrected chi connectivity index (χ1v) is 11.0. The molecule has 0 atom stereocenters. The highest BCUT2D eigenvalue weighted by molar-refractivity contribution is 7.92. The van der Waals surface area contributed by atoms with E-state index in [0.717, 1.165) is 24.3 Å². The van der Waals surface area contributed by atoms with E-state index in [-0.39, 0.29) is 34.2 Å². The van der Waals surface area contributed by atoms with Crippen molar-refractivity contribution in [1.29, 1.82) is 0 Å². The number of ether oxygens (including phenoxy) is 1. The maximum absolute atomic E-state index is 13.9. The second kappa shape index (κ2) is 9.49. The van der Waals surface area contributed by atoms with Gasteiger partial charge in [-0.05, 0) is 55.5 Å². The van der Waals surface area contributed by atoms with Crippen molar-refractivity contribution in [1.82, 2.24) is 0 Å². The standard InChI is InChI=1S/C22H18F4N2O4S/c1-2-32-20-11-10-16(13-19(20)27-21(29)17-8-3-4-9-18(17)23)33(30,31)28-15-7-5-6-14(12-15)22(24,25)26/h3-13,28H,2H2,1H3,(H,27,29). The van der Waals surface area contributed by atoms with Crippen molar-refractivity contribution in [3.63, 3.8) is 0 Å². The fourth-order valence-corrected chi connectivity index (χ4v) is 3.94. The highest BCUT2D eigenvalue weighted by Gasteiger charge is 2.31. The fourth-order valence-electron chi connectivity index (χ4n) is 2.86. The topological polar surface area (TPSA) is 84.5 Å². The van der Waals surface area contributed by atoms with E-state index < -0.39 is 33.5 Å². The number of alkyl halides is 3. The molecule has 0 unspecified atom stereocenters. The molecule has 0 saturated heterocycles. The molecule has 3 aromatic rings. The van der Waals surface area contributed by atoms with Gasteiger partial charge in [-0.1, -0.05) is 18.2 Å². The molecule has 0 aliphatic carbocycles. The summed E-state index contributed by atoms with van der Waals surface area (Å²) in [5, 5.41) is 2.41. The summed E-state index contributed by atoms with van der Waals surface area (Å²) in [7, 11) is -4.34. The van der Waals surface area contributed by atoms with Gasteiger partial charge in [0.15, 0.2) is 0 Å². The molecule has 0 radical (unpaired) electrons. The molecule has 0 fully saturated rings. The van der Waals surface area contributed by atoms with Crippen LogP contribution in [0.25, 0.3) is 0 Å². The molecule has 1 amide bonds. The summed E-state index contributed by atoms with van der Waals surface area (Å²) >= 11 is 0. The summed E-state index contributed by atoms with van der Waals surface area (Å²) in [5.74, 6) is -1.49. The molecule has 0 saturated carbocycles. The van der Waals surface area contributed by atoms with Gasteiger partial charge in [-0.25, -0.2) is 12.8 Å². The van der Waals surface area contributed by atoms with E-state index >= 15 is 0 Å². The molecule has 3 aromatic carbocycles. The minimum absolute atomic E-state index is 0.0583. The number of carbonyl (C=O) groups is 1. The SMILES string of the molecule is CCOc1ccc(S(=O)(=O)Nc2cccc(C(F)(F)F)c2)cc1NC(=O)c1ccccc1F. The number of rotatable bonds is 7. The Morgan fingerprint density at radius 1 is 1.00 bits per heavy atom. The molecule has 6 nitrogen and oxygen atoms in total. The Hall–Kier alpha value is -3.60. The van der Waals surface area contributed by atoms with Crippen molar-refractivity contribution in [3.05, 3.63) is 83.7 Å². The Bertz CT molecular complexity index is 1280. The third-order valence-corrected chi connectivity index (χ3v) is 5.75. The van der Waals surface area contributed by atoms with Crippen LogP contribution in [0.2, 0.25) is 0 Å². The Morgan fingerprint density at radius 3 is 2.39 bits per heavy atom. The zero-order chi connectivity index (χ0) is 24.2. The molecule has 0 heterocycles. The third kappa shape index (κ3) is 5.80. The lowest BCUT2D eigenvalue weighted by Crippen LogP contribution is -2.17. The van der Waals surface area contributed by atoms with Gasteiger partial charge in [0.1, 0.15) is 11.6 Å². The molecule has 174 valence electrons. The van der Waals surface area contributed by atoms with Gasteiger partial charge < -0.3 is 10.1 Å². The average Bonchev–Trinajstić information content (AvgIpc) is 2.74. The van der Waals surface area contributed by atoms with Crippen molar-refractivity contribution in [3.8, 4) is 5.75 Å². The zero-order valence-electron chi connectivity index (χ0n) is 17.1. The van der Waals surface area contributed by atoms with Crippen molar-refractivity contribution in [2.75, 3.05) is 16.6 Å². The molecule has 0 bridgehead atoms. The molecule has 0 aliphatic rings.